The topological polar surface area (TPSA) is 46.9 Å². The van der Waals surface area contributed by atoms with Crippen molar-refractivity contribution in [3.63, 3.8) is 0 Å². The van der Waals surface area contributed by atoms with Gasteiger partial charge in [-0.25, -0.2) is 4.98 Å². The Kier molecular flexibility index (Phi) is 4.68. The summed E-state index contributed by atoms with van der Waals surface area (Å²) in [6.07, 6.45) is 4.23. The third kappa shape index (κ3) is 5.07. The molecule has 4 nitrogen and oxygen atoms in total. The molecule has 1 aromatic rings. The number of rotatable bonds is 5. The Balaban J connectivity index is 2.22. The first-order valence-electron chi connectivity index (χ1n) is 5.70. The van der Waals surface area contributed by atoms with Crippen molar-refractivity contribution in [3.05, 3.63) is 28.9 Å². The van der Waals surface area contributed by atoms with Crippen LogP contribution in [0.4, 0.5) is 0 Å². The molecule has 0 spiro atoms. The van der Waals surface area contributed by atoms with Crippen LogP contribution in [0.25, 0.3) is 0 Å². The minimum absolute atomic E-state index is 0.00706. The molecule has 0 aliphatic heterocycles. The molecule has 0 atom stereocenters. The average molecular weight is 223 g/mol. The van der Waals surface area contributed by atoms with Crippen LogP contribution in [0.15, 0.2) is 23.4 Å². The van der Waals surface area contributed by atoms with Gasteiger partial charge in [0.1, 0.15) is 0 Å². The number of hydrogen-bond acceptors (Lipinski definition) is 3. The normalized spacial score (nSPS) is 11.7. The zero-order chi connectivity index (χ0) is 12.0. The van der Waals surface area contributed by atoms with Gasteiger partial charge in [0.25, 0.3) is 5.56 Å². The van der Waals surface area contributed by atoms with Gasteiger partial charge in [-0.15, -0.1) is 0 Å². The molecule has 1 heterocycles. The molecule has 0 aromatic carbocycles. The van der Waals surface area contributed by atoms with Gasteiger partial charge in [-0.2, -0.15) is 0 Å². The fraction of sp³-hybridized carbons (Fsp3) is 0.667. The molecule has 0 unspecified atom stereocenters. The molecule has 1 rings (SSSR count). The van der Waals surface area contributed by atoms with Crippen molar-refractivity contribution in [3.8, 4) is 0 Å². The standard InChI is InChI=1S/C12H21N3O/c1-12(2,3)5-7-13-8-9-15-10-14-6-4-11(15)16/h4,6,10,13H,5,7-9H2,1-3H3. The molecule has 0 radical (unpaired) electrons. The van der Waals surface area contributed by atoms with Crippen molar-refractivity contribution < 1.29 is 0 Å². The van der Waals surface area contributed by atoms with Crippen molar-refractivity contribution >= 4 is 0 Å². The molecule has 0 saturated carbocycles. The summed E-state index contributed by atoms with van der Waals surface area (Å²) >= 11 is 0. The number of aromatic nitrogens is 2. The minimum Gasteiger partial charge on any atom is -0.315 e. The highest BCUT2D eigenvalue weighted by atomic mass is 16.1. The van der Waals surface area contributed by atoms with Gasteiger partial charge < -0.3 is 5.32 Å². The van der Waals surface area contributed by atoms with Gasteiger partial charge in [0, 0.05) is 25.4 Å². The molecule has 4 heteroatoms. The zero-order valence-electron chi connectivity index (χ0n) is 10.4. The van der Waals surface area contributed by atoms with E-state index in [1.54, 1.807) is 10.9 Å². The summed E-state index contributed by atoms with van der Waals surface area (Å²) in [5.41, 5.74) is 0.366. The Morgan fingerprint density at radius 1 is 1.38 bits per heavy atom. The molecular formula is C12H21N3O. The maximum atomic E-state index is 11.3. The highest BCUT2D eigenvalue weighted by molar-refractivity contribution is 4.81. The predicted molar refractivity (Wildman–Crippen MR) is 65.4 cm³/mol. The Bertz CT molecular complexity index is 365. The van der Waals surface area contributed by atoms with Gasteiger partial charge in [0.15, 0.2) is 0 Å². The van der Waals surface area contributed by atoms with Gasteiger partial charge in [0.05, 0.1) is 6.33 Å². The van der Waals surface area contributed by atoms with E-state index in [1.807, 2.05) is 0 Å². The third-order valence-electron chi connectivity index (χ3n) is 2.37. The van der Waals surface area contributed by atoms with Crippen LogP contribution in [-0.4, -0.2) is 22.6 Å². The van der Waals surface area contributed by atoms with E-state index in [4.69, 9.17) is 0 Å². The van der Waals surface area contributed by atoms with Crippen LogP contribution in [0, 0.1) is 5.41 Å². The molecule has 0 amide bonds. The lowest BCUT2D eigenvalue weighted by Gasteiger charge is -2.18. The third-order valence-corrected chi connectivity index (χ3v) is 2.37. The monoisotopic (exact) mass is 223 g/mol. The van der Waals surface area contributed by atoms with E-state index in [1.165, 1.54) is 12.3 Å². The lowest BCUT2D eigenvalue weighted by atomic mass is 9.92. The molecule has 0 aliphatic rings. The first kappa shape index (κ1) is 12.9. The van der Waals surface area contributed by atoms with Gasteiger partial charge in [-0.05, 0) is 18.4 Å². The smallest absolute Gasteiger partial charge is 0.253 e. The molecule has 1 N–H and O–H groups in total. The molecule has 90 valence electrons. The minimum atomic E-state index is 0.00706. The van der Waals surface area contributed by atoms with Crippen molar-refractivity contribution in [2.45, 2.75) is 33.7 Å². The van der Waals surface area contributed by atoms with Crippen LogP contribution in [0.5, 0.6) is 0 Å². The van der Waals surface area contributed by atoms with Crippen molar-refractivity contribution in [2.24, 2.45) is 5.41 Å². The molecular weight excluding hydrogens is 202 g/mol. The summed E-state index contributed by atoms with van der Waals surface area (Å²) in [6, 6.07) is 1.48. The van der Waals surface area contributed by atoms with Gasteiger partial charge in [-0.3, -0.25) is 9.36 Å². The predicted octanol–water partition coefficient (Wildman–Crippen LogP) is 1.27. The van der Waals surface area contributed by atoms with Gasteiger partial charge >= 0.3 is 0 Å². The highest BCUT2D eigenvalue weighted by Gasteiger charge is 2.08. The van der Waals surface area contributed by atoms with Gasteiger partial charge in [-0.1, -0.05) is 20.8 Å². The highest BCUT2D eigenvalue weighted by Crippen LogP contribution is 2.16. The maximum absolute atomic E-state index is 11.3. The second-order valence-corrected chi connectivity index (χ2v) is 5.17. The van der Waals surface area contributed by atoms with Crippen LogP contribution >= 0.6 is 0 Å². The largest absolute Gasteiger partial charge is 0.315 e. The summed E-state index contributed by atoms with van der Waals surface area (Å²) in [5, 5.41) is 3.33. The second-order valence-electron chi connectivity index (χ2n) is 5.17. The van der Waals surface area contributed by atoms with E-state index in [9.17, 15) is 4.79 Å². The van der Waals surface area contributed by atoms with E-state index in [0.717, 1.165) is 19.5 Å². The molecule has 16 heavy (non-hydrogen) atoms. The quantitative estimate of drug-likeness (QED) is 0.765. The summed E-state index contributed by atoms with van der Waals surface area (Å²) < 4.78 is 1.62. The summed E-state index contributed by atoms with van der Waals surface area (Å²) in [6.45, 7) is 9.14. The Morgan fingerprint density at radius 2 is 2.12 bits per heavy atom. The fourth-order valence-corrected chi connectivity index (χ4v) is 1.33. The first-order valence-corrected chi connectivity index (χ1v) is 5.70. The lowest BCUT2D eigenvalue weighted by molar-refractivity contribution is 0.365. The molecule has 1 aromatic heterocycles. The number of nitrogens with zero attached hydrogens (tertiary/aromatic N) is 2. The van der Waals surface area contributed by atoms with Crippen LogP contribution < -0.4 is 10.9 Å². The van der Waals surface area contributed by atoms with E-state index < -0.39 is 0 Å². The van der Waals surface area contributed by atoms with Crippen LogP contribution in [0.2, 0.25) is 0 Å². The average Bonchev–Trinajstić information content (AvgIpc) is 2.18. The lowest BCUT2D eigenvalue weighted by Crippen LogP contribution is -2.28. The van der Waals surface area contributed by atoms with Crippen molar-refractivity contribution in [1.29, 1.82) is 0 Å². The second kappa shape index (κ2) is 5.80. The zero-order valence-corrected chi connectivity index (χ0v) is 10.4. The summed E-state index contributed by atoms with van der Waals surface area (Å²) in [5.74, 6) is 0. The van der Waals surface area contributed by atoms with Crippen LogP contribution in [-0.2, 0) is 6.54 Å². The summed E-state index contributed by atoms with van der Waals surface area (Å²) in [4.78, 5) is 15.3. The maximum Gasteiger partial charge on any atom is 0.253 e. The molecule has 0 aliphatic carbocycles. The van der Waals surface area contributed by atoms with E-state index in [-0.39, 0.29) is 5.56 Å². The Morgan fingerprint density at radius 3 is 2.75 bits per heavy atom. The number of hydrogen-bond donors (Lipinski definition) is 1. The summed E-state index contributed by atoms with van der Waals surface area (Å²) in [7, 11) is 0. The molecule has 0 saturated heterocycles. The SMILES string of the molecule is CC(C)(C)CCNCCn1cnccc1=O. The van der Waals surface area contributed by atoms with E-state index >= 15 is 0 Å². The Hall–Kier alpha value is -1.16. The van der Waals surface area contributed by atoms with E-state index in [2.05, 4.69) is 31.1 Å². The molecule has 0 bridgehead atoms. The first-order chi connectivity index (χ1) is 7.49. The van der Waals surface area contributed by atoms with Crippen LogP contribution in [0.3, 0.4) is 0 Å². The Labute approximate surface area is 96.7 Å². The van der Waals surface area contributed by atoms with Gasteiger partial charge in [0.2, 0.25) is 0 Å². The molecule has 0 fully saturated rings. The van der Waals surface area contributed by atoms with Crippen molar-refractivity contribution in [1.82, 2.24) is 14.9 Å². The van der Waals surface area contributed by atoms with Crippen LogP contribution in [0.1, 0.15) is 27.2 Å². The number of nitrogens with one attached hydrogen (secondary N) is 1. The fourth-order valence-electron chi connectivity index (χ4n) is 1.33. The van der Waals surface area contributed by atoms with E-state index in [0.29, 0.717) is 12.0 Å². The van der Waals surface area contributed by atoms with Crippen molar-refractivity contribution in [2.75, 3.05) is 13.1 Å².